The molecular weight excluding hydrogens is 337 g/mol. The van der Waals surface area contributed by atoms with Gasteiger partial charge in [0.25, 0.3) is 0 Å². The summed E-state index contributed by atoms with van der Waals surface area (Å²) in [6, 6.07) is 13.1. The van der Waals surface area contributed by atoms with Gasteiger partial charge in [-0.3, -0.25) is 9.59 Å². The average molecular weight is 357 g/mol. The summed E-state index contributed by atoms with van der Waals surface area (Å²) in [5.74, 6) is -0.745. The zero-order valence-corrected chi connectivity index (χ0v) is 14.5. The van der Waals surface area contributed by atoms with Crippen LogP contribution in [0.4, 0.5) is 10.1 Å². The standard InChI is InChI=1S/C20H20FNO4/c1-2-25-18-8-6-17(7-9-18)22-12-15(11-19(22)23)20(24)26-13-14-4-3-5-16(21)10-14/h3-10,15H,2,11-13H2,1H3. The van der Waals surface area contributed by atoms with Crippen molar-refractivity contribution in [2.24, 2.45) is 5.92 Å². The Hall–Kier alpha value is -2.89. The van der Waals surface area contributed by atoms with Gasteiger partial charge in [0.2, 0.25) is 5.91 Å². The van der Waals surface area contributed by atoms with E-state index in [0.29, 0.717) is 12.2 Å². The Morgan fingerprint density at radius 3 is 2.69 bits per heavy atom. The van der Waals surface area contributed by atoms with Crippen molar-refractivity contribution in [3.63, 3.8) is 0 Å². The molecule has 0 saturated carbocycles. The van der Waals surface area contributed by atoms with E-state index in [0.717, 1.165) is 11.4 Å². The predicted molar refractivity (Wildman–Crippen MR) is 94.3 cm³/mol. The van der Waals surface area contributed by atoms with Crippen molar-refractivity contribution < 1.29 is 23.5 Å². The number of ether oxygens (including phenoxy) is 2. The number of rotatable bonds is 6. The second-order valence-corrected chi connectivity index (χ2v) is 6.07. The van der Waals surface area contributed by atoms with E-state index in [1.54, 1.807) is 41.3 Å². The number of carbonyl (C=O) groups excluding carboxylic acids is 2. The van der Waals surface area contributed by atoms with Crippen LogP contribution in [0.25, 0.3) is 0 Å². The lowest BCUT2D eigenvalue weighted by molar-refractivity contribution is -0.149. The van der Waals surface area contributed by atoms with Gasteiger partial charge in [-0.25, -0.2) is 4.39 Å². The van der Waals surface area contributed by atoms with Gasteiger partial charge in [0, 0.05) is 18.7 Å². The Kier molecular flexibility index (Phi) is 5.51. The maximum Gasteiger partial charge on any atom is 0.311 e. The molecule has 136 valence electrons. The van der Waals surface area contributed by atoms with Gasteiger partial charge >= 0.3 is 5.97 Å². The number of halogens is 1. The van der Waals surface area contributed by atoms with Gasteiger partial charge in [-0.1, -0.05) is 12.1 Å². The highest BCUT2D eigenvalue weighted by Crippen LogP contribution is 2.27. The number of esters is 1. The summed E-state index contributed by atoms with van der Waals surface area (Å²) in [4.78, 5) is 26.1. The molecule has 0 spiro atoms. The van der Waals surface area contributed by atoms with Gasteiger partial charge in [-0.15, -0.1) is 0 Å². The van der Waals surface area contributed by atoms with Crippen LogP contribution < -0.4 is 9.64 Å². The van der Waals surface area contributed by atoms with Crippen molar-refractivity contribution in [1.29, 1.82) is 0 Å². The summed E-state index contributed by atoms with van der Waals surface area (Å²) in [5, 5.41) is 0. The Morgan fingerprint density at radius 2 is 2.00 bits per heavy atom. The fourth-order valence-electron chi connectivity index (χ4n) is 2.90. The lowest BCUT2D eigenvalue weighted by atomic mass is 10.1. The zero-order chi connectivity index (χ0) is 18.5. The Labute approximate surface area is 151 Å². The van der Waals surface area contributed by atoms with Crippen molar-refractivity contribution in [2.75, 3.05) is 18.1 Å². The Bertz CT molecular complexity index is 791. The van der Waals surface area contributed by atoms with E-state index in [2.05, 4.69) is 0 Å². The smallest absolute Gasteiger partial charge is 0.311 e. The molecule has 0 N–H and O–H groups in total. The molecule has 0 radical (unpaired) electrons. The van der Waals surface area contributed by atoms with Gasteiger partial charge < -0.3 is 14.4 Å². The normalized spacial score (nSPS) is 16.6. The molecule has 1 saturated heterocycles. The molecule has 1 aliphatic rings. The summed E-state index contributed by atoms with van der Waals surface area (Å²) in [5.41, 5.74) is 1.30. The Balaban J connectivity index is 1.58. The third kappa shape index (κ3) is 4.20. The number of carbonyl (C=O) groups is 2. The summed E-state index contributed by atoms with van der Waals surface area (Å²) in [6.07, 6.45) is 0.106. The lowest BCUT2D eigenvalue weighted by Gasteiger charge is -2.17. The first-order chi connectivity index (χ1) is 12.6. The molecule has 0 aromatic heterocycles. The molecule has 6 heteroatoms. The van der Waals surface area contributed by atoms with Gasteiger partial charge in [0.05, 0.1) is 12.5 Å². The summed E-state index contributed by atoms with van der Waals surface area (Å²) in [6.45, 7) is 2.73. The molecule has 1 fully saturated rings. The summed E-state index contributed by atoms with van der Waals surface area (Å²) in [7, 11) is 0. The molecule has 1 aliphatic heterocycles. The number of anilines is 1. The van der Waals surface area contributed by atoms with E-state index in [9.17, 15) is 14.0 Å². The molecule has 5 nitrogen and oxygen atoms in total. The number of benzene rings is 2. The highest BCUT2D eigenvalue weighted by Gasteiger charge is 2.36. The number of nitrogens with zero attached hydrogens (tertiary/aromatic N) is 1. The van der Waals surface area contributed by atoms with Gasteiger partial charge in [0.15, 0.2) is 0 Å². The van der Waals surface area contributed by atoms with Crippen LogP contribution in [0.15, 0.2) is 48.5 Å². The molecule has 0 bridgehead atoms. The van der Waals surface area contributed by atoms with Crippen molar-refractivity contribution >= 4 is 17.6 Å². The predicted octanol–water partition coefficient (Wildman–Crippen LogP) is 3.32. The largest absolute Gasteiger partial charge is 0.494 e. The topological polar surface area (TPSA) is 55.8 Å². The summed E-state index contributed by atoms with van der Waals surface area (Å²) < 4.78 is 23.8. The first kappa shape index (κ1) is 17.9. The van der Waals surface area contributed by atoms with Gasteiger partial charge in [-0.2, -0.15) is 0 Å². The first-order valence-electron chi connectivity index (χ1n) is 8.51. The fourth-order valence-corrected chi connectivity index (χ4v) is 2.90. The third-order valence-electron chi connectivity index (χ3n) is 4.19. The number of amides is 1. The molecule has 0 aliphatic carbocycles. The third-order valence-corrected chi connectivity index (χ3v) is 4.19. The van der Waals surface area contributed by atoms with Crippen LogP contribution in [0.1, 0.15) is 18.9 Å². The van der Waals surface area contributed by atoms with Crippen molar-refractivity contribution in [1.82, 2.24) is 0 Å². The number of hydrogen-bond acceptors (Lipinski definition) is 4. The van der Waals surface area contributed by atoms with E-state index in [4.69, 9.17) is 9.47 Å². The quantitative estimate of drug-likeness (QED) is 0.744. The van der Waals surface area contributed by atoms with Crippen LogP contribution in [0, 0.1) is 11.7 Å². The average Bonchev–Trinajstić information content (AvgIpc) is 3.03. The summed E-state index contributed by atoms with van der Waals surface area (Å²) >= 11 is 0. The minimum absolute atomic E-state index is 0.00959. The Morgan fingerprint density at radius 1 is 1.23 bits per heavy atom. The van der Waals surface area contributed by atoms with Gasteiger partial charge in [0.1, 0.15) is 18.2 Å². The van der Waals surface area contributed by atoms with Crippen molar-refractivity contribution in [3.8, 4) is 5.75 Å². The van der Waals surface area contributed by atoms with Gasteiger partial charge in [-0.05, 0) is 48.9 Å². The van der Waals surface area contributed by atoms with E-state index in [1.807, 2.05) is 6.92 Å². The zero-order valence-electron chi connectivity index (χ0n) is 14.5. The first-order valence-corrected chi connectivity index (χ1v) is 8.51. The molecule has 26 heavy (non-hydrogen) atoms. The maximum atomic E-state index is 13.2. The van der Waals surface area contributed by atoms with E-state index < -0.39 is 11.9 Å². The van der Waals surface area contributed by atoms with Crippen molar-refractivity contribution in [3.05, 3.63) is 59.9 Å². The molecular formula is C20H20FNO4. The SMILES string of the molecule is CCOc1ccc(N2CC(C(=O)OCc3cccc(F)c3)CC2=O)cc1. The second kappa shape index (κ2) is 7.99. The molecule has 2 aromatic rings. The second-order valence-electron chi connectivity index (χ2n) is 6.07. The van der Waals surface area contributed by atoms with E-state index in [-0.39, 0.29) is 31.3 Å². The lowest BCUT2D eigenvalue weighted by Crippen LogP contribution is -2.26. The van der Waals surface area contributed by atoms with E-state index >= 15 is 0 Å². The van der Waals surface area contributed by atoms with Crippen molar-refractivity contribution in [2.45, 2.75) is 20.0 Å². The maximum absolute atomic E-state index is 13.2. The van der Waals surface area contributed by atoms with Crippen LogP contribution in [0.2, 0.25) is 0 Å². The van der Waals surface area contributed by atoms with Crippen LogP contribution in [-0.4, -0.2) is 25.0 Å². The van der Waals surface area contributed by atoms with Crippen LogP contribution in [0.3, 0.4) is 0 Å². The minimum Gasteiger partial charge on any atom is -0.494 e. The molecule has 1 unspecified atom stereocenters. The van der Waals surface area contributed by atoms with E-state index in [1.165, 1.54) is 12.1 Å². The van der Waals surface area contributed by atoms with Crippen LogP contribution in [0.5, 0.6) is 5.75 Å². The molecule has 2 aromatic carbocycles. The monoisotopic (exact) mass is 357 g/mol. The fraction of sp³-hybridized carbons (Fsp3) is 0.300. The molecule has 1 amide bonds. The minimum atomic E-state index is -0.525. The van der Waals surface area contributed by atoms with Crippen LogP contribution >= 0.6 is 0 Å². The van der Waals surface area contributed by atoms with Crippen LogP contribution in [-0.2, 0) is 20.9 Å². The molecule has 3 rings (SSSR count). The number of hydrogen-bond donors (Lipinski definition) is 0. The molecule has 1 atom stereocenters. The highest BCUT2D eigenvalue weighted by molar-refractivity contribution is 5.99. The molecule has 1 heterocycles. The highest BCUT2D eigenvalue weighted by atomic mass is 19.1.